The van der Waals surface area contributed by atoms with Crippen LogP contribution in [0.3, 0.4) is 0 Å². The molecule has 1 atom stereocenters. The average Bonchev–Trinajstić information content (AvgIpc) is 2.29. The Hall–Kier alpha value is -0.120. The molecule has 0 bridgehead atoms. The largest absolute Gasteiger partial charge is 0.378 e. The van der Waals surface area contributed by atoms with E-state index in [1.807, 2.05) is 0 Å². The van der Waals surface area contributed by atoms with Crippen LogP contribution in [0.5, 0.6) is 0 Å². The van der Waals surface area contributed by atoms with Crippen LogP contribution in [-0.2, 0) is 4.74 Å². The van der Waals surface area contributed by atoms with E-state index >= 15 is 0 Å². The highest BCUT2D eigenvalue weighted by molar-refractivity contribution is 4.65. The summed E-state index contributed by atoms with van der Waals surface area (Å²) >= 11 is 0. The number of nitrogens with one attached hydrogen (secondary N) is 2. The average molecular weight is 228 g/mol. The van der Waals surface area contributed by atoms with E-state index in [0.717, 1.165) is 26.2 Å². The zero-order chi connectivity index (χ0) is 11.6. The van der Waals surface area contributed by atoms with Crippen LogP contribution < -0.4 is 10.6 Å². The Kier molecular flexibility index (Phi) is 7.81. The molecular weight excluding hydrogens is 200 g/mol. The zero-order valence-electron chi connectivity index (χ0n) is 10.9. The van der Waals surface area contributed by atoms with E-state index < -0.39 is 0 Å². The molecule has 3 heteroatoms. The van der Waals surface area contributed by atoms with Crippen molar-refractivity contribution in [3.63, 3.8) is 0 Å². The summed E-state index contributed by atoms with van der Waals surface area (Å²) in [6, 6.07) is 0.607. The summed E-state index contributed by atoms with van der Waals surface area (Å²) in [5, 5.41) is 6.91. The molecular formula is C13H28N2O. The van der Waals surface area contributed by atoms with Crippen LogP contribution in [0, 0.1) is 0 Å². The van der Waals surface area contributed by atoms with Gasteiger partial charge in [-0.05, 0) is 51.7 Å². The lowest BCUT2D eigenvalue weighted by Crippen LogP contribution is -2.29. The Morgan fingerprint density at radius 2 is 2.06 bits per heavy atom. The molecule has 1 aliphatic rings. The molecule has 0 aromatic carbocycles. The second-order valence-corrected chi connectivity index (χ2v) is 4.99. The molecule has 0 amide bonds. The van der Waals surface area contributed by atoms with Crippen molar-refractivity contribution in [3.8, 4) is 0 Å². The summed E-state index contributed by atoms with van der Waals surface area (Å²) in [4.78, 5) is 0. The summed E-state index contributed by atoms with van der Waals surface area (Å²) in [6.07, 6.45) is 6.78. The number of hydrogen-bond acceptors (Lipinski definition) is 3. The van der Waals surface area contributed by atoms with E-state index in [1.54, 1.807) is 0 Å². The molecule has 1 aliphatic heterocycles. The first kappa shape index (κ1) is 13.9. The Labute approximate surface area is 100 Å². The molecule has 0 radical (unpaired) electrons. The molecule has 2 N–H and O–H groups in total. The van der Waals surface area contributed by atoms with Gasteiger partial charge in [0.2, 0.25) is 0 Å². The number of ether oxygens (including phenoxy) is 1. The van der Waals surface area contributed by atoms with Gasteiger partial charge in [0, 0.05) is 12.6 Å². The highest BCUT2D eigenvalue weighted by Gasteiger charge is 2.12. The fourth-order valence-corrected chi connectivity index (χ4v) is 2.03. The SMILES string of the molecule is CC(C)NCCCNCCC1CCCCO1. The second kappa shape index (κ2) is 8.97. The molecule has 1 heterocycles. The van der Waals surface area contributed by atoms with Gasteiger partial charge in [0.25, 0.3) is 0 Å². The predicted octanol–water partition coefficient (Wildman–Crippen LogP) is 1.92. The molecule has 1 fully saturated rings. The Balaban J connectivity index is 1.80. The standard InChI is InChI=1S/C13H28N2O/c1-12(2)15-9-5-8-14-10-7-13-6-3-4-11-16-13/h12-15H,3-11H2,1-2H3. The Bertz CT molecular complexity index is 156. The number of rotatable bonds is 8. The lowest BCUT2D eigenvalue weighted by atomic mass is 10.1. The van der Waals surface area contributed by atoms with Crippen molar-refractivity contribution in [1.82, 2.24) is 10.6 Å². The number of hydrogen-bond donors (Lipinski definition) is 2. The summed E-state index contributed by atoms with van der Waals surface area (Å²) in [5.74, 6) is 0. The van der Waals surface area contributed by atoms with Crippen molar-refractivity contribution >= 4 is 0 Å². The molecule has 0 aromatic heterocycles. The van der Waals surface area contributed by atoms with E-state index in [2.05, 4.69) is 24.5 Å². The predicted molar refractivity (Wildman–Crippen MR) is 68.8 cm³/mol. The highest BCUT2D eigenvalue weighted by Crippen LogP contribution is 2.14. The highest BCUT2D eigenvalue weighted by atomic mass is 16.5. The van der Waals surface area contributed by atoms with Gasteiger partial charge >= 0.3 is 0 Å². The van der Waals surface area contributed by atoms with E-state index in [1.165, 1.54) is 32.1 Å². The van der Waals surface area contributed by atoms with Gasteiger partial charge in [0.05, 0.1) is 6.10 Å². The minimum atomic E-state index is 0.523. The van der Waals surface area contributed by atoms with Gasteiger partial charge in [0.1, 0.15) is 0 Å². The summed E-state index contributed by atoms with van der Waals surface area (Å²) < 4.78 is 5.68. The van der Waals surface area contributed by atoms with Gasteiger partial charge in [-0.15, -0.1) is 0 Å². The first-order valence-corrected chi connectivity index (χ1v) is 6.84. The van der Waals surface area contributed by atoms with Crippen LogP contribution >= 0.6 is 0 Å². The van der Waals surface area contributed by atoms with Gasteiger partial charge in [-0.25, -0.2) is 0 Å². The van der Waals surface area contributed by atoms with Crippen molar-refractivity contribution < 1.29 is 4.74 Å². The molecule has 16 heavy (non-hydrogen) atoms. The molecule has 0 saturated carbocycles. The van der Waals surface area contributed by atoms with Crippen LogP contribution in [0.15, 0.2) is 0 Å². The van der Waals surface area contributed by atoms with Crippen LogP contribution in [0.2, 0.25) is 0 Å². The van der Waals surface area contributed by atoms with Crippen molar-refractivity contribution in [1.29, 1.82) is 0 Å². The van der Waals surface area contributed by atoms with E-state index in [-0.39, 0.29) is 0 Å². The minimum Gasteiger partial charge on any atom is -0.378 e. The monoisotopic (exact) mass is 228 g/mol. The topological polar surface area (TPSA) is 33.3 Å². The maximum atomic E-state index is 5.68. The third kappa shape index (κ3) is 7.20. The van der Waals surface area contributed by atoms with E-state index in [4.69, 9.17) is 4.74 Å². The summed E-state index contributed by atoms with van der Waals surface area (Å²) in [6.45, 7) is 8.69. The molecule has 1 rings (SSSR count). The van der Waals surface area contributed by atoms with Crippen LogP contribution in [0.4, 0.5) is 0 Å². The van der Waals surface area contributed by atoms with E-state index in [0.29, 0.717) is 12.1 Å². The maximum Gasteiger partial charge on any atom is 0.0587 e. The zero-order valence-corrected chi connectivity index (χ0v) is 10.9. The Morgan fingerprint density at radius 1 is 1.19 bits per heavy atom. The third-order valence-electron chi connectivity index (χ3n) is 3.00. The van der Waals surface area contributed by atoms with Gasteiger partial charge in [-0.2, -0.15) is 0 Å². The van der Waals surface area contributed by atoms with Crippen molar-refractivity contribution in [2.45, 2.75) is 58.1 Å². The normalized spacial score (nSPS) is 21.6. The fraction of sp³-hybridized carbons (Fsp3) is 1.00. The van der Waals surface area contributed by atoms with Crippen molar-refractivity contribution in [3.05, 3.63) is 0 Å². The lowest BCUT2D eigenvalue weighted by Gasteiger charge is -2.22. The smallest absolute Gasteiger partial charge is 0.0587 e. The molecule has 1 saturated heterocycles. The Morgan fingerprint density at radius 3 is 2.75 bits per heavy atom. The molecule has 0 aromatic rings. The van der Waals surface area contributed by atoms with Crippen molar-refractivity contribution in [2.24, 2.45) is 0 Å². The first-order chi connectivity index (χ1) is 7.79. The molecule has 3 nitrogen and oxygen atoms in total. The maximum absolute atomic E-state index is 5.68. The van der Waals surface area contributed by atoms with Crippen molar-refractivity contribution in [2.75, 3.05) is 26.2 Å². The molecule has 0 spiro atoms. The van der Waals surface area contributed by atoms with Crippen LogP contribution in [0.25, 0.3) is 0 Å². The van der Waals surface area contributed by atoms with Gasteiger partial charge in [0.15, 0.2) is 0 Å². The van der Waals surface area contributed by atoms with Gasteiger partial charge in [-0.1, -0.05) is 13.8 Å². The minimum absolute atomic E-state index is 0.523. The molecule has 0 aliphatic carbocycles. The first-order valence-electron chi connectivity index (χ1n) is 6.84. The fourth-order valence-electron chi connectivity index (χ4n) is 2.03. The van der Waals surface area contributed by atoms with Gasteiger partial charge in [-0.3, -0.25) is 0 Å². The van der Waals surface area contributed by atoms with Crippen LogP contribution in [-0.4, -0.2) is 38.4 Å². The van der Waals surface area contributed by atoms with Crippen LogP contribution in [0.1, 0.15) is 46.0 Å². The third-order valence-corrected chi connectivity index (χ3v) is 3.00. The van der Waals surface area contributed by atoms with E-state index in [9.17, 15) is 0 Å². The quantitative estimate of drug-likeness (QED) is 0.623. The second-order valence-electron chi connectivity index (χ2n) is 4.99. The van der Waals surface area contributed by atoms with Gasteiger partial charge < -0.3 is 15.4 Å². The summed E-state index contributed by atoms with van der Waals surface area (Å²) in [5.41, 5.74) is 0. The summed E-state index contributed by atoms with van der Waals surface area (Å²) in [7, 11) is 0. The lowest BCUT2D eigenvalue weighted by molar-refractivity contribution is 0.0116. The molecule has 1 unspecified atom stereocenters. The molecule has 96 valence electrons.